The summed E-state index contributed by atoms with van der Waals surface area (Å²) in [5.74, 6) is 1.74. The first-order valence-corrected chi connectivity index (χ1v) is 9.36. The van der Waals surface area contributed by atoms with E-state index in [1.165, 1.54) is 0 Å². The van der Waals surface area contributed by atoms with Gasteiger partial charge in [0.1, 0.15) is 25.1 Å². The predicted molar refractivity (Wildman–Crippen MR) is 104 cm³/mol. The van der Waals surface area contributed by atoms with Gasteiger partial charge in [-0.05, 0) is 36.4 Å². The number of ether oxygens (including phenoxy) is 2. The van der Waals surface area contributed by atoms with Crippen LogP contribution >= 0.6 is 11.6 Å². The normalized spacial score (nSPS) is 17.8. The van der Waals surface area contributed by atoms with Gasteiger partial charge in [-0.25, -0.2) is 0 Å². The van der Waals surface area contributed by atoms with E-state index in [-0.39, 0.29) is 5.91 Å². The lowest BCUT2D eigenvalue weighted by Crippen LogP contribution is -2.42. The highest BCUT2D eigenvalue weighted by atomic mass is 35.5. The summed E-state index contributed by atoms with van der Waals surface area (Å²) in [6.07, 6.45) is 1.17. The molecule has 0 unspecified atom stereocenters. The number of carbonyl (C=O) groups excluding carboxylic acids is 1. The monoisotopic (exact) mass is 396 g/mol. The number of carbonyl (C=O) groups is 1. The first kappa shape index (κ1) is 17.0. The molecule has 142 valence electrons. The highest BCUT2D eigenvalue weighted by molar-refractivity contribution is 6.32. The van der Waals surface area contributed by atoms with Crippen molar-refractivity contribution in [3.8, 4) is 11.5 Å². The summed E-state index contributed by atoms with van der Waals surface area (Å²) in [4.78, 5) is 15.0. The highest BCUT2D eigenvalue weighted by Gasteiger charge is 2.34. The SMILES string of the molecule is O=C1c2ccccc2N[C@H](c2cc(Cl)c3c(c2)OCCO3)N1Cc1ccco1. The third kappa shape index (κ3) is 2.86. The fourth-order valence-corrected chi connectivity index (χ4v) is 3.85. The van der Waals surface area contributed by atoms with E-state index in [9.17, 15) is 4.79 Å². The fraction of sp³-hybridized carbons (Fsp3) is 0.190. The number of para-hydroxylation sites is 1. The van der Waals surface area contributed by atoms with Crippen molar-refractivity contribution >= 4 is 23.2 Å². The number of furan rings is 1. The minimum atomic E-state index is -0.430. The van der Waals surface area contributed by atoms with Gasteiger partial charge < -0.3 is 24.1 Å². The Morgan fingerprint density at radius 1 is 1.11 bits per heavy atom. The Labute approximate surface area is 166 Å². The van der Waals surface area contributed by atoms with Crippen LogP contribution in [0.5, 0.6) is 11.5 Å². The van der Waals surface area contributed by atoms with Crippen LogP contribution in [0, 0.1) is 0 Å². The van der Waals surface area contributed by atoms with Crippen molar-refractivity contribution in [2.45, 2.75) is 12.7 Å². The lowest BCUT2D eigenvalue weighted by Gasteiger charge is -2.38. The van der Waals surface area contributed by atoms with Crippen LogP contribution in [0.15, 0.2) is 59.2 Å². The van der Waals surface area contributed by atoms with E-state index in [1.54, 1.807) is 17.2 Å². The molecule has 28 heavy (non-hydrogen) atoms. The number of hydrogen-bond acceptors (Lipinski definition) is 5. The first-order chi connectivity index (χ1) is 13.7. The summed E-state index contributed by atoms with van der Waals surface area (Å²) in [6.45, 7) is 1.25. The van der Waals surface area contributed by atoms with Gasteiger partial charge in [-0.1, -0.05) is 23.7 Å². The Kier molecular flexibility index (Phi) is 4.13. The van der Waals surface area contributed by atoms with E-state index in [1.807, 2.05) is 42.5 Å². The molecule has 0 spiro atoms. The third-order valence-electron chi connectivity index (χ3n) is 4.86. The van der Waals surface area contributed by atoms with Gasteiger partial charge in [0.05, 0.1) is 23.4 Å². The number of nitrogens with one attached hydrogen (secondary N) is 1. The third-order valence-corrected chi connectivity index (χ3v) is 5.14. The molecule has 6 nitrogen and oxygen atoms in total. The second kappa shape index (κ2) is 6.80. The Bertz CT molecular complexity index is 1030. The fourth-order valence-electron chi connectivity index (χ4n) is 3.58. The van der Waals surface area contributed by atoms with Gasteiger partial charge in [-0.3, -0.25) is 4.79 Å². The van der Waals surface area contributed by atoms with E-state index in [2.05, 4.69) is 5.32 Å². The van der Waals surface area contributed by atoms with Gasteiger partial charge in [0, 0.05) is 11.3 Å². The number of anilines is 1. The summed E-state index contributed by atoms with van der Waals surface area (Å²) < 4.78 is 16.8. The number of rotatable bonds is 3. The number of amides is 1. The van der Waals surface area contributed by atoms with Crippen LogP contribution in [0.4, 0.5) is 5.69 Å². The van der Waals surface area contributed by atoms with Gasteiger partial charge >= 0.3 is 0 Å². The van der Waals surface area contributed by atoms with Crippen molar-refractivity contribution in [1.82, 2.24) is 4.90 Å². The minimum Gasteiger partial charge on any atom is -0.486 e. The smallest absolute Gasteiger partial charge is 0.258 e. The summed E-state index contributed by atoms with van der Waals surface area (Å²) in [6, 6.07) is 14.8. The molecule has 3 heterocycles. The predicted octanol–water partition coefficient (Wildman–Crippen LogP) is 4.47. The molecule has 0 radical (unpaired) electrons. The lowest BCUT2D eigenvalue weighted by atomic mass is 10.0. The van der Waals surface area contributed by atoms with Gasteiger partial charge in [0.2, 0.25) is 0 Å². The molecule has 3 aromatic rings. The van der Waals surface area contributed by atoms with Crippen LogP contribution < -0.4 is 14.8 Å². The molecule has 2 aliphatic heterocycles. The highest BCUT2D eigenvalue weighted by Crippen LogP contribution is 2.42. The Balaban J connectivity index is 1.59. The summed E-state index contributed by atoms with van der Waals surface area (Å²) >= 11 is 6.44. The quantitative estimate of drug-likeness (QED) is 0.707. The van der Waals surface area contributed by atoms with Crippen LogP contribution in [0.1, 0.15) is 27.8 Å². The van der Waals surface area contributed by atoms with Gasteiger partial charge in [0.15, 0.2) is 11.5 Å². The van der Waals surface area contributed by atoms with Crippen LogP contribution in [-0.4, -0.2) is 24.0 Å². The molecule has 1 N–H and O–H groups in total. The summed E-state index contributed by atoms with van der Waals surface area (Å²) in [5.41, 5.74) is 2.21. The average Bonchev–Trinajstić information content (AvgIpc) is 3.23. The number of nitrogens with zero attached hydrogens (tertiary/aromatic N) is 1. The molecule has 1 amide bonds. The minimum absolute atomic E-state index is 0.0817. The van der Waals surface area contributed by atoms with Crippen molar-refractivity contribution in [3.63, 3.8) is 0 Å². The average molecular weight is 397 g/mol. The Morgan fingerprint density at radius 3 is 2.82 bits per heavy atom. The second-order valence-corrected chi connectivity index (χ2v) is 7.04. The molecule has 1 atom stereocenters. The van der Waals surface area contributed by atoms with Gasteiger partial charge in [-0.2, -0.15) is 0 Å². The molecular formula is C21H17ClN2O4. The van der Waals surface area contributed by atoms with Crippen molar-refractivity contribution in [2.24, 2.45) is 0 Å². The zero-order valence-electron chi connectivity index (χ0n) is 14.9. The maximum absolute atomic E-state index is 13.3. The molecule has 7 heteroatoms. The zero-order chi connectivity index (χ0) is 19.1. The van der Waals surface area contributed by atoms with Crippen molar-refractivity contribution < 1.29 is 18.7 Å². The molecule has 5 rings (SSSR count). The van der Waals surface area contributed by atoms with E-state index in [4.69, 9.17) is 25.5 Å². The van der Waals surface area contributed by atoms with Crippen molar-refractivity contribution in [1.29, 1.82) is 0 Å². The Hall–Kier alpha value is -3.12. The summed E-state index contributed by atoms with van der Waals surface area (Å²) in [5, 5.41) is 3.91. The summed E-state index contributed by atoms with van der Waals surface area (Å²) in [7, 11) is 0. The van der Waals surface area contributed by atoms with Crippen LogP contribution in [0.3, 0.4) is 0 Å². The largest absolute Gasteiger partial charge is 0.486 e. The zero-order valence-corrected chi connectivity index (χ0v) is 15.6. The van der Waals surface area contributed by atoms with E-state index in [0.717, 1.165) is 11.3 Å². The van der Waals surface area contributed by atoms with Crippen molar-refractivity contribution in [2.75, 3.05) is 18.5 Å². The number of hydrogen-bond donors (Lipinski definition) is 1. The molecule has 0 fully saturated rings. The molecule has 1 aromatic heterocycles. The maximum Gasteiger partial charge on any atom is 0.258 e. The number of halogens is 1. The van der Waals surface area contributed by atoms with E-state index < -0.39 is 6.17 Å². The van der Waals surface area contributed by atoms with Gasteiger partial charge in [-0.15, -0.1) is 0 Å². The molecular weight excluding hydrogens is 380 g/mol. The van der Waals surface area contributed by atoms with Crippen LogP contribution in [-0.2, 0) is 6.54 Å². The Morgan fingerprint density at radius 2 is 1.96 bits per heavy atom. The molecule has 2 aliphatic rings. The number of benzene rings is 2. The lowest BCUT2D eigenvalue weighted by molar-refractivity contribution is 0.0651. The first-order valence-electron chi connectivity index (χ1n) is 8.98. The molecule has 2 aromatic carbocycles. The topological polar surface area (TPSA) is 63.9 Å². The molecule has 0 saturated heterocycles. The maximum atomic E-state index is 13.3. The second-order valence-electron chi connectivity index (χ2n) is 6.63. The van der Waals surface area contributed by atoms with Crippen LogP contribution in [0.2, 0.25) is 5.02 Å². The van der Waals surface area contributed by atoms with Crippen molar-refractivity contribution in [3.05, 3.63) is 76.7 Å². The standard InChI is InChI=1S/C21H17ClN2O4/c22-16-10-13(11-18-19(16)28-9-8-27-18)20-23-17-6-2-1-5-15(17)21(25)24(20)12-14-4-3-7-26-14/h1-7,10-11,20,23H,8-9,12H2/t20-/m0/s1. The van der Waals surface area contributed by atoms with Crippen LogP contribution in [0.25, 0.3) is 0 Å². The number of fused-ring (bicyclic) bond motifs is 2. The van der Waals surface area contributed by atoms with Gasteiger partial charge in [0.25, 0.3) is 5.91 Å². The molecule has 0 aliphatic carbocycles. The molecule has 0 saturated carbocycles. The molecule has 0 bridgehead atoms. The van der Waals surface area contributed by atoms with E-state index >= 15 is 0 Å². The van der Waals surface area contributed by atoms with E-state index in [0.29, 0.717) is 47.6 Å².